The number of hydrogen-bond acceptors (Lipinski definition) is 9. The highest BCUT2D eigenvalue weighted by Gasteiger charge is 2.33. The number of tetrazole rings is 1. The summed E-state index contributed by atoms with van der Waals surface area (Å²) in [6.07, 6.45) is 1.38. The molecule has 0 fully saturated rings. The first-order valence-corrected chi connectivity index (χ1v) is 13.6. The van der Waals surface area contributed by atoms with Gasteiger partial charge in [-0.1, -0.05) is 62.0 Å². The van der Waals surface area contributed by atoms with E-state index in [-0.39, 0.29) is 29.3 Å². The largest absolute Gasteiger partial charge is 0.453 e. The van der Waals surface area contributed by atoms with Crippen LogP contribution in [0.3, 0.4) is 0 Å². The highest BCUT2D eigenvalue weighted by molar-refractivity contribution is 5.96. The van der Waals surface area contributed by atoms with Crippen molar-refractivity contribution < 1.29 is 24.2 Å². The Morgan fingerprint density at radius 3 is 2.45 bits per heavy atom. The Hall–Kier alpha value is -4.90. The van der Waals surface area contributed by atoms with Crippen molar-refractivity contribution >= 4 is 11.9 Å². The first-order chi connectivity index (χ1) is 20.1. The second-order valence-electron chi connectivity index (χ2n) is 10.6. The van der Waals surface area contributed by atoms with Crippen LogP contribution in [-0.4, -0.2) is 53.8 Å². The van der Waals surface area contributed by atoms with Crippen molar-refractivity contribution in [2.45, 2.75) is 52.7 Å². The van der Waals surface area contributed by atoms with Gasteiger partial charge in [0.05, 0.1) is 5.57 Å². The van der Waals surface area contributed by atoms with Crippen molar-refractivity contribution in [1.29, 1.82) is 0 Å². The molecular formula is C31H32N6O5. The maximum atomic E-state index is 13.6. The van der Waals surface area contributed by atoms with Crippen LogP contribution in [0.5, 0.6) is 0 Å². The maximum Gasteiger partial charge on any atom is 0.357 e. The predicted octanol–water partition coefficient (Wildman–Crippen LogP) is 4.50. The molecule has 0 bridgehead atoms. The molecule has 216 valence electrons. The summed E-state index contributed by atoms with van der Waals surface area (Å²) in [5, 5.41) is 25.2. The highest BCUT2D eigenvalue weighted by atomic mass is 16.6. The lowest BCUT2D eigenvalue weighted by molar-refractivity contribution is -0.133. The van der Waals surface area contributed by atoms with Gasteiger partial charge >= 0.3 is 11.9 Å². The van der Waals surface area contributed by atoms with E-state index in [1.54, 1.807) is 25.3 Å². The molecule has 1 aliphatic rings. The number of rotatable bonds is 10. The molecule has 0 unspecified atom stereocenters. The number of aromatic amines is 1. The molecule has 0 atom stereocenters. The lowest BCUT2D eigenvalue weighted by Crippen LogP contribution is -2.24. The summed E-state index contributed by atoms with van der Waals surface area (Å²) in [6.45, 7) is 10.6. The predicted molar refractivity (Wildman–Crippen MR) is 154 cm³/mol. The smallest absolute Gasteiger partial charge is 0.357 e. The number of esters is 2. The Labute approximate surface area is 242 Å². The fourth-order valence-corrected chi connectivity index (χ4v) is 4.81. The number of aromatic nitrogens is 6. The van der Waals surface area contributed by atoms with Gasteiger partial charge in [-0.3, -0.25) is 0 Å². The van der Waals surface area contributed by atoms with Gasteiger partial charge in [0, 0.05) is 24.1 Å². The van der Waals surface area contributed by atoms with Crippen molar-refractivity contribution in [2.75, 3.05) is 6.61 Å². The third-order valence-electron chi connectivity index (χ3n) is 7.09. The van der Waals surface area contributed by atoms with Gasteiger partial charge < -0.3 is 19.1 Å². The number of aryl methyl sites for hydroxylation is 1. The second kappa shape index (κ2) is 11.5. The number of H-pyrrole nitrogens is 1. The fraction of sp³-hybridized carbons (Fsp3) is 0.290. The van der Waals surface area contributed by atoms with Crippen LogP contribution in [0.4, 0.5) is 0 Å². The first kappa shape index (κ1) is 28.6. The van der Waals surface area contributed by atoms with E-state index in [2.05, 4.69) is 27.2 Å². The van der Waals surface area contributed by atoms with E-state index < -0.39 is 17.5 Å². The minimum absolute atomic E-state index is 0.152. The Balaban J connectivity index is 1.47. The number of imidazole rings is 1. The summed E-state index contributed by atoms with van der Waals surface area (Å²) in [7, 11) is 0. The molecule has 0 saturated heterocycles. The summed E-state index contributed by atoms with van der Waals surface area (Å²) in [6, 6.07) is 15.8. The average molecular weight is 569 g/mol. The zero-order valence-corrected chi connectivity index (χ0v) is 24.0. The molecule has 0 amide bonds. The fourth-order valence-electron chi connectivity index (χ4n) is 4.81. The molecule has 42 heavy (non-hydrogen) atoms. The summed E-state index contributed by atoms with van der Waals surface area (Å²) < 4.78 is 12.6. The van der Waals surface area contributed by atoms with Crippen LogP contribution in [0, 0.1) is 0 Å². The third kappa shape index (κ3) is 5.64. The zero-order chi connectivity index (χ0) is 30.0. The lowest BCUT2D eigenvalue weighted by Gasteiger charge is -2.18. The van der Waals surface area contributed by atoms with E-state index in [0.717, 1.165) is 28.7 Å². The van der Waals surface area contributed by atoms with Crippen molar-refractivity contribution in [3.05, 3.63) is 94.8 Å². The van der Waals surface area contributed by atoms with Gasteiger partial charge in [-0.2, -0.15) is 0 Å². The molecule has 2 N–H and O–H groups in total. The summed E-state index contributed by atoms with van der Waals surface area (Å²) in [5.41, 5.74) is 3.46. The SMILES string of the molecule is C=C1C(=O)OC(COC(=O)c2c(C(C)(C)O)nc(CCC)n2Cc2ccc(-c3ccccc3-c3nnn[nH]3)cc2)=C1C. The van der Waals surface area contributed by atoms with Gasteiger partial charge in [-0.25, -0.2) is 19.7 Å². The van der Waals surface area contributed by atoms with E-state index in [0.29, 0.717) is 30.2 Å². The molecule has 11 heteroatoms. The Morgan fingerprint density at radius 2 is 1.86 bits per heavy atom. The van der Waals surface area contributed by atoms with Gasteiger partial charge in [-0.05, 0) is 54.3 Å². The molecule has 0 aliphatic carbocycles. The molecule has 2 aromatic heterocycles. The molecule has 1 aliphatic heterocycles. The standard InChI is InChI=1S/C31H32N6O5/c1-6-9-25-32-27(31(4,5)40)26(30(39)41-17-24-18(2)19(3)29(38)42-24)37(25)16-20-12-14-21(15-13-20)22-10-7-8-11-23(22)28-33-35-36-34-28/h7-8,10-15,40H,3,6,9,16-17H2,1-2,4-5H3,(H,33,34,35,36). The van der Waals surface area contributed by atoms with E-state index in [1.165, 1.54) is 0 Å². The van der Waals surface area contributed by atoms with E-state index >= 15 is 0 Å². The summed E-state index contributed by atoms with van der Waals surface area (Å²) >= 11 is 0. The van der Waals surface area contributed by atoms with Gasteiger partial charge in [0.25, 0.3) is 0 Å². The van der Waals surface area contributed by atoms with Crippen LogP contribution >= 0.6 is 0 Å². The Morgan fingerprint density at radius 1 is 1.14 bits per heavy atom. The highest BCUT2D eigenvalue weighted by Crippen LogP contribution is 2.31. The number of nitrogens with zero attached hydrogens (tertiary/aromatic N) is 5. The number of ether oxygens (including phenoxy) is 2. The number of cyclic esters (lactones) is 1. The average Bonchev–Trinajstić information content (AvgIpc) is 3.69. The van der Waals surface area contributed by atoms with E-state index in [4.69, 9.17) is 14.5 Å². The zero-order valence-electron chi connectivity index (χ0n) is 24.0. The van der Waals surface area contributed by atoms with Crippen molar-refractivity contribution in [2.24, 2.45) is 0 Å². The van der Waals surface area contributed by atoms with Crippen LogP contribution in [0.2, 0.25) is 0 Å². The molecule has 5 rings (SSSR count). The van der Waals surface area contributed by atoms with E-state index in [9.17, 15) is 14.7 Å². The van der Waals surface area contributed by atoms with Crippen molar-refractivity contribution in [3.8, 4) is 22.5 Å². The number of aliphatic hydroxyl groups is 1. The Bertz CT molecular complexity index is 1680. The van der Waals surface area contributed by atoms with Crippen molar-refractivity contribution in [3.63, 3.8) is 0 Å². The molecule has 0 saturated carbocycles. The number of benzene rings is 2. The van der Waals surface area contributed by atoms with Gasteiger partial charge in [0.15, 0.2) is 11.5 Å². The molecule has 11 nitrogen and oxygen atoms in total. The van der Waals surface area contributed by atoms with Crippen LogP contribution in [0.1, 0.15) is 61.7 Å². The molecule has 2 aromatic carbocycles. The molecule has 3 heterocycles. The maximum absolute atomic E-state index is 13.6. The normalized spacial score (nSPS) is 13.5. The topological polar surface area (TPSA) is 145 Å². The molecule has 4 aromatic rings. The minimum Gasteiger partial charge on any atom is -0.453 e. The van der Waals surface area contributed by atoms with E-state index in [1.807, 2.05) is 55.5 Å². The number of hydrogen-bond donors (Lipinski definition) is 2. The van der Waals surface area contributed by atoms with Gasteiger partial charge in [0.1, 0.15) is 29.5 Å². The van der Waals surface area contributed by atoms with Crippen molar-refractivity contribution in [1.82, 2.24) is 30.2 Å². The summed E-state index contributed by atoms with van der Waals surface area (Å²) in [4.78, 5) is 30.1. The molecule has 0 spiro atoms. The van der Waals surface area contributed by atoms with Gasteiger partial charge in [0.2, 0.25) is 0 Å². The van der Waals surface area contributed by atoms with Crippen LogP contribution in [0.25, 0.3) is 22.5 Å². The van der Waals surface area contributed by atoms with Crippen LogP contribution in [0.15, 0.2) is 72.0 Å². The number of carbonyl (C=O) groups is 2. The monoisotopic (exact) mass is 568 g/mol. The van der Waals surface area contributed by atoms with Crippen LogP contribution in [-0.2, 0) is 32.8 Å². The number of nitrogens with one attached hydrogen (secondary N) is 1. The quantitative estimate of drug-likeness (QED) is 0.209. The first-order valence-electron chi connectivity index (χ1n) is 13.6. The lowest BCUT2D eigenvalue weighted by atomic mass is 9.98. The third-order valence-corrected chi connectivity index (χ3v) is 7.09. The minimum atomic E-state index is -1.41. The molecular weight excluding hydrogens is 536 g/mol. The molecule has 0 radical (unpaired) electrons. The second-order valence-corrected chi connectivity index (χ2v) is 10.6. The van der Waals surface area contributed by atoms with Crippen LogP contribution < -0.4 is 0 Å². The Kier molecular flexibility index (Phi) is 7.86. The summed E-state index contributed by atoms with van der Waals surface area (Å²) in [5.74, 6) is 0.226. The number of carbonyl (C=O) groups excluding carboxylic acids is 2. The van der Waals surface area contributed by atoms with Gasteiger partial charge in [-0.15, -0.1) is 5.10 Å².